The summed E-state index contributed by atoms with van der Waals surface area (Å²) in [5.41, 5.74) is 0.322. The van der Waals surface area contributed by atoms with E-state index in [1.54, 1.807) is 24.3 Å². The van der Waals surface area contributed by atoms with Gasteiger partial charge in [0.2, 0.25) is 0 Å². The summed E-state index contributed by atoms with van der Waals surface area (Å²) in [4.78, 5) is 27.9. The van der Waals surface area contributed by atoms with E-state index in [0.717, 1.165) is 35.0 Å². The Balaban J connectivity index is 1.35. The van der Waals surface area contributed by atoms with Crippen molar-refractivity contribution in [1.82, 2.24) is 10.2 Å². The van der Waals surface area contributed by atoms with Crippen LogP contribution in [-0.2, 0) is 4.79 Å². The summed E-state index contributed by atoms with van der Waals surface area (Å²) in [5.74, 6) is -0.782. The van der Waals surface area contributed by atoms with Crippen molar-refractivity contribution in [3.05, 3.63) is 41.3 Å². The maximum Gasteiger partial charge on any atom is 0.315 e. The number of carbonyl (C=O) groups excluding carboxylic acids is 2. The van der Waals surface area contributed by atoms with E-state index in [1.807, 2.05) is 12.1 Å². The number of hydrogen-bond acceptors (Lipinski definition) is 5. The first-order valence-electron chi connectivity index (χ1n) is 9.92. The molecule has 3 fully saturated rings. The van der Waals surface area contributed by atoms with Crippen LogP contribution >= 0.6 is 23.1 Å². The fourth-order valence-electron chi connectivity index (χ4n) is 4.18. The van der Waals surface area contributed by atoms with E-state index in [2.05, 4.69) is 22.5 Å². The zero-order valence-corrected chi connectivity index (χ0v) is 18.1. The maximum absolute atomic E-state index is 12.8. The van der Waals surface area contributed by atoms with Crippen LogP contribution in [0.4, 0.5) is 14.5 Å². The lowest BCUT2D eigenvalue weighted by molar-refractivity contribution is -0.126. The molecule has 2 aromatic rings. The molecule has 3 saturated heterocycles. The number of benzene rings is 1. The molecule has 160 valence electrons. The summed E-state index contributed by atoms with van der Waals surface area (Å²) in [5, 5.41) is 5.40. The molecule has 0 spiro atoms. The zero-order chi connectivity index (χ0) is 21.3. The van der Waals surface area contributed by atoms with Crippen LogP contribution in [0.3, 0.4) is 0 Å². The van der Waals surface area contributed by atoms with Gasteiger partial charge in [0.15, 0.2) is 0 Å². The third-order valence-corrected chi connectivity index (χ3v) is 8.04. The second kappa shape index (κ2) is 9.03. The van der Waals surface area contributed by atoms with Gasteiger partial charge in [-0.1, -0.05) is 11.8 Å². The average molecular weight is 452 g/mol. The number of nitrogens with zero attached hydrogens (tertiary/aromatic N) is 1. The lowest BCUT2D eigenvalue weighted by Crippen LogP contribution is -2.62. The fraction of sp³-hybridized carbons (Fsp3) is 0.429. The molecule has 2 amide bonds. The van der Waals surface area contributed by atoms with Gasteiger partial charge in [-0.3, -0.25) is 14.5 Å². The van der Waals surface area contributed by atoms with E-state index in [-0.39, 0.29) is 11.9 Å². The molecule has 5 rings (SSSR count). The number of fused-ring (bicyclic) bond motifs is 3. The minimum Gasteiger partial charge on any atom is -0.347 e. The van der Waals surface area contributed by atoms with Gasteiger partial charge in [0.1, 0.15) is 0 Å². The fourth-order valence-corrected chi connectivity index (χ4v) is 6.19. The van der Waals surface area contributed by atoms with Gasteiger partial charge in [-0.15, -0.1) is 11.3 Å². The van der Waals surface area contributed by atoms with Crippen LogP contribution in [0.15, 0.2) is 45.5 Å². The largest absolute Gasteiger partial charge is 0.347 e. The Kier molecular flexibility index (Phi) is 6.40. The van der Waals surface area contributed by atoms with Crippen molar-refractivity contribution >= 4 is 40.6 Å². The molecule has 2 unspecified atom stereocenters. The van der Waals surface area contributed by atoms with Gasteiger partial charge in [0, 0.05) is 22.7 Å². The predicted octanol–water partition coefficient (Wildman–Crippen LogP) is 4.32. The van der Waals surface area contributed by atoms with E-state index in [9.17, 15) is 18.4 Å². The Morgan fingerprint density at radius 3 is 2.47 bits per heavy atom. The zero-order valence-electron chi connectivity index (χ0n) is 16.4. The van der Waals surface area contributed by atoms with Crippen LogP contribution in [0.1, 0.15) is 29.4 Å². The highest BCUT2D eigenvalue weighted by Crippen LogP contribution is 2.35. The van der Waals surface area contributed by atoms with E-state index in [1.165, 1.54) is 23.1 Å². The summed E-state index contributed by atoms with van der Waals surface area (Å²) in [6.07, 6.45) is -0.748. The summed E-state index contributed by atoms with van der Waals surface area (Å²) in [7, 11) is 0. The van der Waals surface area contributed by atoms with Gasteiger partial charge in [-0.2, -0.15) is 8.78 Å². The van der Waals surface area contributed by atoms with Crippen LogP contribution in [-0.4, -0.2) is 48.3 Å². The van der Waals surface area contributed by atoms with E-state index in [4.69, 9.17) is 0 Å². The molecule has 0 radical (unpaired) electrons. The minimum atomic E-state index is -3.04. The van der Waals surface area contributed by atoms with Gasteiger partial charge in [0.05, 0.1) is 9.09 Å². The van der Waals surface area contributed by atoms with Crippen LogP contribution in [0.25, 0.3) is 0 Å². The number of alkyl halides is 2. The lowest BCUT2D eigenvalue weighted by atomic mass is 9.79. The minimum absolute atomic E-state index is 0.0255. The van der Waals surface area contributed by atoms with Crippen molar-refractivity contribution in [2.24, 2.45) is 5.92 Å². The number of hydrogen-bond donors (Lipinski definition) is 2. The molecule has 4 heterocycles. The van der Waals surface area contributed by atoms with Gasteiger partial charge in [0.25, 0.3) is 11.8 Å². The number of halogens is 2. The molecule has 1 aromatic carbocycles. The van der Waals surface area contributed by atoms with Crippen LogP contribution in [0.5, 0.6) is 0 Å². The smallest absolute Gasteiger partial charge is 0.315 e. The number of anilines is 1. The molecule has 30 heavy (non-hydrogen) atoms. The first-order valence-corrected chi connectivity index (χ1v) is 11.6. The molecule has 2 bridgehead atoms. The van der Waals surface area contributed by atoms with Crippen LogP contribution < -0.4 is 10.6 Å². The SMILES string of the molecule is CC1C(NC(=O)c2ccc(Sc3ccc(NC(=O)C(F)F)cc3)s2)C2CCN1CC2. The molecular weight excluding hydrogens is 428 g/mol. The Labute approximate surface area is 182 Å². The average Bonchev–Trinajstić information content (AvgIpc) is 3.21. The van der Waals surface area contributed by atoms with Crippen molar-refractivity contribution in [2.75, 3.05) is 18.4 Å². The van der Waals surface area contributed by atoms with E-state index < -0.39 is 12.3 Å². The number of nitrogens with one attached hydrogen (secondary N) is 2. The molecule has 5 nitrogen and oxygen atoms in total. The highest BCUT2D eigenvalue weighted by Gasteiger charge is 2.40. The van der Waals surface area contributed by atoms with Crippen LogP contribution in [0.2, 0.25) is 0 Å². The Morgan fingerprint density at radius 2 is 1.83 bits per heavy atom. The van der Waals surface area contributed by atoms with Crippen molar-refractivity contribution < 1.29 is 18.4 Å². The maximum atomic E-state index is 12.8. The summed E-state index contributed by atoms with van der Waals surface area (Å²) >= 11 is 2.92. The quantitative estimate of drug-likeness (QED) is 0.687. The third-order valence-electron chi connectivity index (χ3n) is 5.82. The van der Waals surface area contributed by atoms with Crippen molar-refractivity contribution in [3.8, 4) is 0 Å². The third kappa shape index (κ3) is 4.68. The van der Waals surface area contributed by atoms with Gasteiger partial charge in [-0.05, 0) is 75.2 Å². The summed E-state index contributed by atoms with van der Waals surface area (Å²) in [6.45, 7) is 4.45. The molecule has 9 heteroatoms. The second-order valence-electron chi connectivity index (χ2n) is 7.65. The Morgan fingerprint density at radius 1 is 1.13 bits per heavy atom. The first-order chi connectivity index (χ1) is 14.4. The number of carbonyl (C=O) groups is 2. The van der Waals surface area contributed by atoms with Gasteiger partial charge >= 0.3 is 6.43 Å². The van der Waals surface area contributed by atoms with Gasteiger partial charge in [-0.25, -0.2) is 0 Å². The van der Waals surface area contributed by atoms with E-state index in [0.29, 0.717) is 22.5 Å². The molecule has 2 N–H and O–H groups in total. The predicted molar refractivity (Wildman–Crippen MR) is 115 cm³/mol. The Bertz CT molecular complexity index is 909. The second-order valence-corrected chi connectivity index (χ2v) is 10.1. The van der Waals surface area contributed by atoms with Gasteiger partial charge < -0.3 is 10.6 Å². The first kappa shape index (κ1) is 21.3. The van der Waals surface area contributed by atoms with Crippen molar-refractivity contribution in [1.29, 1.82) is 0 Å². The highest BCUT2D eigenvalue weighted by atomic mass is 32.2. The number of amides is 2. The number of rotatable bonds is 6. The normalized spacial score (nSPS) is 25.3. The summed E-state index contributed by atoms with van der Waals surface area (Å²) in [6, 6.07) is 11.0. The van der Waals surface area contributed by atoms with E-state index >= 15 is 0 Å². The standard InChI is InChI=1S/C21H23F2N3O2S2/c1-12-18(13-8-10-26(12)11-9-13)25-20(27)16-6-7-17(30-16)29-15-4-2-14(3-5-15)24-21(28)19(22)23/h2-7,12-13,18-19H,8-11H2,1H3,(H,24,28)(H,25,27). The van der Waals surface area contributed by atoms with Crippen molar-refractivity contribution in [2.45, 2.75) is 47.4 Å². The summed E-state index contributed by atoms with van der Waals surface area (Å²) < 4.78 is 25.6. The lowest BCUT2D eigenvalue weighted by Gasteiger charge is -2.49. The molecular formula is C21H23F2N3O2S2. The number of thiophene rings is 1. The molecule has 2 atom stereocenters. The topological polar surface area (TPSA) is 61.4 Å². The molecule has 0 aliphatic carbocycles. The van der Waals surface area contributed by atoms with Crippen molar-refractivity contribution in [3.63, 3.8) is 0 Å². The number of piperidine rings is 3. The molecule has 3 aliphatic heterocycles. The Hall–Kier alpha value is -1.97. The molecule has 0 saturated carbocycles. The monoisotopic (exact) mass is 451 g/mol. The molecule has 1 aromatic heterocycles. The molecule has 3 aliphatic rings. The van der Waals surface area contributed by atoms with Crippen LogP contribution in [0, 0.1) is 5.92 Å². The highest BCUT2D eigenvalue weighted by molar-refractivity contribution is 8.01.